The van der Waals surface area contributed by atoms with Crippen molar-refractivity contribution in [2.75, 3.05) is 6.61 Å². The Morgan fingerprint density at radius 2 is 1.92 bits per heavy atom. The molecule has 0 bridgehead atoms. The molecule has 1 aliphatic heterocycles. The summed E-state index contributed by atoms with van der Waals surface area (Å²) in [6.45, 7) is 13.4. The highest BCUT2D eigenvalue weighted by Crippen LogP contribution is 2.38. The van der Waals surface area contributed by atoms with Gasteiger partial charge in [0.15, 0.2) is 8.32 Å². The Morgan fingerprint density at radius 1 is 1.19 bits per heavy atom. The molecule has 0 radical (unpaired) electrons. The number of aryl methyl sites for hydroxylation is 1. The van der Waals surface area contributed by atoms with Gasteiger partial charge < -0.3 is 18.7 Å². The molecule has 0 saturated carbocycles. The number of unbranched alkanes of at least 4 members (excludes halogenated alkanes) is 2. The topological polar surface area (TPSA) is 86.7 Å². The fraction of sp³-hybridized carbons (Fsp3) is 0.571. The van der Waals surface area contributed by atoms with Crippen LogP contribution in [0.15, 0.2) is 45.7 Å². The SMILES string of the molecule is CCCCCc1ccc(-c2cc3cn(C4CC(O)C(CO[Si](C)(C)C(C)(C)C)O4)c(=O)nc3o2)cc1. The predicted octanol–water partition coefficient (Wildman–Crippen LogP) is 6.06. The van der Waals surface area contributed by atoms with Crippen LogP contribution in [0.1, 0.15) is 65.2 Å². The van der Waals surface area contributed by atoms with Gasteiger partial charge in [0.2, 0.25) is 5.71 Å². The predicted molar refractivity (Wildman–Crippen MR) is 145 cm³/mol. The molecule has 1 fully saturated rings. The van der Waals surface area contributed by atoms with Crippen molar-refractivity contribution < 1.29 is 18.7 Å². The summed E-state index contributed by atoms with van der Waals surface area (Å²) >= 11 is 0. The van der Waals surface area contributed by atoms with Gasteiger partial charge in [-0.25, -0.2) is 4.79 Å². The van der Waals surface area contributed by atoms with E-state index in [0.29, 0.717) is 24.5 Å². The van der Waals surface area contributed by atoms with Crippen LogP contribution in [-0.2, 0) is 15.6 Å². The molecule has 8 heteroatoms. The lowest BCUT2D eigenvalue weighted by Crippen LogP contribution is -2.43. The summed E-state index contributed by atoms with van der Waals surface area (Å²) in [6, 6.07) is 10.3. The van der Waals surface area contributed by atoms with Crippen LogP contribution in [0.2, 0.25) is 18.1 Å². The lowest BCUT2D eigenvalue weighted by atomic mass is 10.0. The number of hydrogen-bond donors (Lipinski definition) is 1. The summed E-state index contributed by atoms with van der Waals surface area (Å²) in [6.07, 6.45) is 4.94. The third-order valence-electron chi connectivity index (χ3n) is 7.67. The molecular weight excluding hydrogens is 472 g/mol. The highest BCUT2D eigenvalue weighted by Gasteiger charge is 2.41. The second kappa shape index (κ2) is 10.6. The zero-order valence-corrected chi connectivity index (χ0v) is 23.4. The van der Waals surface area contributed by atoms with Crippen LogP contribution in [0.5, 0.6) is 0 Å². The van der Waals surface area contributed by atoms with Crippen molar-refractivity contribution in [3.8, 4) is 11.3 Å². The minimum absolute atomic E-state index is 0.0657. The average molecular weight is 513 g/mol. The highest BCUT2D eigenvalue weighted by atomic mass is 28.4. The second-order valence-electron chi connectivity index (χ2n) is 11.5. The normalized spacial score (nSPS) is 20.9. The number of furan rings is 1. The van der Waals surface area contributed by atoms with Crippen LogP contribution < -0.4 is 5.69 Å². The van der Waals surface area contributed by atoms with Gasteiger partial charge in [0.05, 0.1) is 18.1 Å². The van der Waals surface area contributed by atoms with Crippen molar-refractivity contribution in [1.29, 1.82) is 0 Å². The van der Waals surface area contributed by atoms with Gasteiger partial charge in [0.25, 0.3) is 0 Å². The van der Waals surface area contributed by atoms with E-state index < -0.39 is 32.4 Å². The van der Waals surface area contributed by atoms with E-state index in [-0.39, 0.29) is 5.04 Å². The summed E-state index contributed by atoms with van der Waals surface area (Å²) in [4.78, 5) is 17.0. The molecule has 1 N–H and O–H groups in total. The fourth-order valence-electron chi connectivity index (χ4n) is 4.23. The molecule has 3 unspecified atom stereocenters. The zero-order chi connectivity index (χ0) is 26.1. The monoisotopic (exact) mass is 512 g/mol. The Bertz CT molecular complexity index is 1230. The number of benzene rings is 1. The molecular formula is C28H40N2O5Si. The van der Waals surface area contributed by atoms with Crippen LogP contribution in [0.4, 0.5) is 0 Å². The van der Waals surface area contributed by atoms with Crippen molar-refractivity contribution in [2.24, 2.45) is 0 Å². The molecule has 4 rings (SSSR count). The quantitative estimate of drug-likeness (QED) is 0.277. The largest absolute Gasteiger partial charge is 0.437 e. The number of ether oxygens (including phenoxy) is 1. The Kier molecular flexibility index (Phi) is 7.90. The highest BCUT2D eigenvalue weighted by molar-refractivity contribution is 6.74. The van der Waals surface area contributed by atoms with Crippen LogP contribution in [-0.4, -0.2) is 41.8 Å². The first-order valence-electron chi connectivity index (χ1n) is 13.1. The van der Waals surface area contributed by atoms with E-state index in [1.165, 1.54) is 29.4 Å². The smallest absolute Gasteiger partial charge is 0.353 e. The standard InChI is InChI=1S/C28H40N2O5Si/c1-7-8-9-10-19-11-13-20(14-12-19)23-15-21-17-30(27(32)29-26(21)35-23)25-16-22(31)24(34-25)18-33-36(5,6)28(2,3)4/h11-15,17,22,24-25,31H,7-10,16,18H2,1-6H3. The van der Waals surface area contributed by atoms with E-state index in [9.17, 15) is 9.90 Å². The Hall–Kier alpha value is -2.26. The molecule has 36 heavy (non-hydrogen) atoms. The van der Waals surface area contributed by atoms with E-state index in [4.69, 9.17) is 13.6 Å². The maximum absolute atomic E-state index is 12.8. The zero-order valence-electron chi connectivity index (χ0n) is 22.4. The molecule has 1 aromatic carbocycles. The Labute approximate surface area is 214 Å². The lowest BCUT2D eigenvalue weighted by molar-refractivity contribution is -0.0430. The van der Waals surface area contributed by atoms with Gasteiger partial charge in [0.1, 0.15) is 18.1 Å². The van der Waals surface area contributed by atoms with Crippen molar-refractivity contribution in [2.45, 2.75) is 96.4 Å². The first-order valence-corrected chi connectivity index (χ1v) is 16.0. The Morgan fingerprint density at radius 3 is 2.58 bits per heavy atom. The molecule has 1 aliphatic rings. The van der Waals surface area contributed by atoms with E-state index in [0.717, 1.165) is 17.4 Å². The molecule has 0 spiro atoms. The van der Waals surface area contributed by atoms with Gasteiger partial charge in [0, 0.05) is 18.2 Å². The lowest BCUT2D eigenvalue weighted by Gasteiger charge is -2.37. The number of nitrogens with zero attached hydrogens (tertiary/aromatic N) is 2. The number of fused-ring (bicyclic) bond motifs is 1. The third kappa shape index (κ3) is 5.83. The molecule has 0 amide bonds. The minimum atomic E-state index is -1.98. The summed E-state index contributed by atoms with van der Waals surface area (Å²) in [5.41, 5.74) is 2.10. The van der Waals surface area contributed by atoms with Gasteiger partial charge in [-0.1, -0.05) is 64.8 Å². The molecule has 196 valence electrons. The molecule has 0 aliphatic carbocycles. The summed E-state index contributed by atoms with van der Waals surface area (Å²) in [5, 5.41) is 11.4. The summed E-state index contributed by atoms with van der Waals surface area (Å²) in [7, 11) is -1.98. The average Bonchev–Trinajstić information content (AvgIpc) is 3.39. The van der Waals surface area contributed by atoms with Gasteiger partial charge in [-0.05, 0) is 42.6 Å². The van der Waals surface area contributed by atoms with Gasteiger partial charge in [-0.2, -0.15) is 4.98 Å². The molecule has 3 atom stereocenters. The van der Waals surface area contributed by atoms with Crippen LogP contribution in [0, 0.1) is 0 Å². The maximum atomic E-state index is 12.8. The first-order chi connectivity index (χ1) is 17.0. The minimum Gasteiger partial charge on any atom is -0.437 e. The van der Waals surface area contributed by atoms with E-state index >= 15 is 0 Å². The maximum Gasteiger partial charge on any atom is 0.353 e. The third-order valence-corrected chi connectivity index (χ3v) is 12.2. The number of rotatable bonds is 9. The molecule has 7 nitrogen and oxygen atoms in total. The summed E-state index contributed by atoms with van der Waals surface area (Å²) < 4.78 is 19.7. The van der Waals surface area contributed by atoms with Crippen LogP contribution in [0.25, 0.3) is 22.4 Å². The van der Waals surface area contributed by atoms with Crippen molar-refractivity contribution >= 4 is 19.4 Å². The Balaban J connectivity index is 1.48. The number of aliphatic hydroxyl groups is 1. The van der Waals surface area contributed by atoms with E-state index in [1.807, 2.05) is 6.07 Å². The second-order valence-corrected chi connectivity index (χ2v) is 16.3. The summed E-state index contributed by atoms with van der Waals surface area (Å²) in [5.74, 6) is 0.669. The van der Waals surface area contributed by atoms with Crippen molar-refractivity contribution in [3.05, 3.63) is 52.6 Å². The molecule has 1 saturated heterocycles. The van der Waals surface area contributed by atoms with E-state index in [1.54, 1.807) is 6.20 Å². The number of hydrogen-bond acceptors (Lipinski definition) is 6. The number of aliphatic hydroxyl groups excluding tert-OH is 1. The fourth-order valence-corrected chi connectivity index (χ4v) is 5.25. The van der Waals surface area contributed by atoms with E-state index in [2.05, 4.69) is 70.0 Å². The molecule has 2 aromatic heterocycles. The molecule has 3 aromatic rings. The van der Waals surface area contributed by atoms with Crippen molar-refractivity contribution in [1.82, 2.24) is 9.55 Å². The first kappa shape index (κ1) is 26.8. The number of aromatic nitrogens is 2. The van der Waals surface area contributed by atoms with Gasteiger partial charge in [-0.15, -0.1) is 0 Å². The van der Waals surface area contributed by atoms with Gasteiger partial charge in [-0.3, -0.25) is 4.57 Å². The van der Waals surface area contributed by atoms with Gasteiger partial charge >= 0.3 is 5.69 Å². The van der Waals surface area contributed by atoms with Crippen molar-refractivity contribution in [3.63, 3.8) is 0 Å². The van der Waals surface area contributed by atoms with Crippen LogP contribution in [0.3, 0.4) is 0 Å². The molecule has 3 heterocycles. The van der Waals surface area contributed by atoms with Crippen LogP contribution >= 0.6 is 0 Å².